The van der Waals surface area contributed by atoms with Crippen LogP contribution in [0.1, 0.15) is 23.6 Å². The first-order valence-electron chi connectivity index (χ1n) is 7.56. The topological polar surface area (TPSA) is 15.3 Å². The average Bonchev–Trinajstić information content (AvgIpc) is 2.74. The molecule has 0 aliphatic carbocycles. The van der Waals surface area contributed by atoms with E-state index >= 15 is 0 Å². The molecule has 0 bridgehead atoms. The molecule has 1 heterocycles. The van der Waals surface area contributed by atoms with Gasteiger partial charge in [0, 0.05) is 23.6 Å². The number of halogens is 1. The van der Waals surface area contributed by atoms with Gasteiger partial charge in [0.25, 0.3) is 0 Å². The second-order valence-electron chi connectivity index (χ2n) is 5.64. The summed E-state index contributed by atoms with van der Waals surface area (Å²) >= 11 is 3.56. The van der Waals surface area contributed by atoms with Crippen molar-refractivity contribution in [1.29, 1.82) is 0 Å². The molecule has 1 fully saturated rings. The number of nitrogens with zero attached hydrogens (tertiary/aromatic N) is 1. The van der Waals surface area contributed by atoms with E-state index in [1.807, 2.05) is 0 Å². The van der Waals surface area contributed by atoms with Gasteiger partial charge in [-0.1, -0.05) is 58.4 Å². The summed E-state index contributed by atoms with van der Waals surface area (Å²) in [5, 5.41) is 3.67. The molecule has 2 aromatic carbocycles. The van der Waals surface area contributed by atoms with Crippen LogP contribution in [0.5, 0.6) is 0 Å². The molecule has 3 heteroatoms. The summed E-state index contributed by atoms with van der Waals surface area (Å²) in [5.74, 6) is 0. The third-order valence-corrected chi connectivity index (χ3v) is 4.47. The van der Waals surface area contributed by atoms with E-state index in [2.05, 4.69) is 80.7 Å². The number of rotatable bonds is 3. The minimum absolute atomic E-state index is 0.431. The van der Waals surface area contributed by atoms with Crippen LogP contribution in [0, 0.1) is 0 Å². The van der Waals surface area contributed by atoms with Crippen molar-refractivity contribution < 1.29 is 0 Å². The molecule has 2 aromatic rings. The average molecular weight is 345 g/mol. The van der Waals surface area contributed by atoms with Gasteiger partial charge in [0.2, 0.25) is 0 Å². The lowest BCUT2D eigenvalue weighted by atomic mass is 10.1. The quantitative estimate of drug-likeness (QED) is 0.905. The Morgan fingerprint density at radius 2 is 1.95 bits per heavy atom. The van der Waals surface area contributed by atoms with E-state index in [0.717, 1.165) is 30.7 Å². The van der Waals surface area contributed by atoms with E-state index in [1.54, 1.807) is 0 Å². The maximum absolute atomic E-state index is 3.67. The molecule has 0 amide bonds. The molecule has 2 nitrogen and oxygen atoms in total. The zero-order valence-electron chi connectivity index (χ0n) is 12.1. The van der Waals surface area contributed by atoms with Crippen LogP contribution in [0.15, 0.2) is 59.1 Å². The van der Waals surface area contributed by atoms with Crippen molar-refractivity contribution in [2.24, 2.45) is 0 Å². The van der Waals surface area contributed by atoms with Crippen LogP contribution in [0.3, 0.4) is 0 Å². The predicted molar refractivity (Wildman–Crippen MR) is 91.2 cm³/mol. The zero-order chi connectivity index (χ0) is 14.5. The van der Waals surface area contributed by atoms with Crippen LogP contribution >= 0.6 is 15.9 Å². The van der Waals surface area contributed by atoms with E-state index in [9.17, 15) is 0 Å². The Labute approximate surface area is 135 Å². The maximum atomic E-state index is 3.67. The van der Waals surface area contributed by atoms with Gasteiger partial charge in [0.15, 0.2) is 0 Å². The molecule has 1 aliphatic rings. The van der Waals surface area contributed by atoms with Crippen molar-refractivity contribution >= 4 is 15.9 Å². The van der Waals surface area contributed by atoms with Crippen molar-refractivity contribution in [1.82, 2.24) is 10.2 Å². The highest BCUT2D eigenvalue weighted by molar-refractivity contribution is 9.10. The van der Waals surface area contributed by atoms with Crippen LogP contribution in [-0.2, 0) is 6.54 Å². The number of nitrogens with one attached hydrogen (secondary N) is 1. The Balaban J connectivity index is 1.70. The van der Waals surface area contributed by atoms with Crippen LogP contribution in [-0.4, -0.2) is 24.5 Å². The predicted octanol–water partition coefficient (Wildman–Crippen LogP) is 3.99. The lowest BCUT2D eigenvalue weighted by Crippen LogP contribution is -2.31. The molecule has 110 valence electrons. The highest BCUT2D eigenvalue weighted by Crippen LogP contribution is 2.19. The number of benzene rings is 2. The fraction of sp³-hybridized carbons (Fsp3) is 0.333. The monoisotopic (exact) mass is 344 g/mol. The van der Waals surface area contributed by atoms with Gasteiger partial charge in [-0.15, -0.1) is 0 Å². The Hall–Kier alpha value is -1.16. The molecule has 21 heavy (non-hydrogen) atoms. The first-order valence-corrected chi connectivity index (χ1v) is 8.36. The Morgan fingerprint density at radius 1 is 1.10 bits per heavy atom. The van der Waals surface area contributed by atoms with Gasteiger partial charge < -0.3 is 5.32 Å². The molecule has 0 spiro atoms. The smallest absolute Gasteiger partial charge is 0.0449 e. The molecule has 1 unspecified atom stereocenters. The van der Waals surface area contributed by atoms with E-state index < -0.39 is 0 Å². The lowest BCUT2D eigenvalue weighted by Gasteiger charge is -2.24. The van der Waals surface area contributed by atoms with Gasteiger partial charge in [-0.3, -0.25) is 4.90 Å². The second kappa shape index (κ2) is 7.21. The van der Waals surface area contributed by atoms with Gasteiger partial charge in [-0.05, 0) is 42.8 Å². The summed E-state index contributed by atoms with van der Waals surface area (Å²) < 4.78 is 1.16. The van der Waals surface area contributed by atoms with E-state index in [-0.39, 0.29) is 0 Å². The first kappa shape index (κ1) is 14.8. The summed E-state index contributed by atoms with van der Waals surface area (Å²) in [7, 11) is 0. The molecular formula is C18H21BrN2. The molecule has 1 atom stereocenters. The second-order valence-corrected chi connectivity index (χ2v) is 6.55. The van der Waals surface area contributed by atoms with Crippen LogP contribution in [0.4, 0.5) is 0 Å². The highest BCUT2D eigenvalue weighted by Gasteiger charge is 2.19. The number of hydrogen-bond acceptors (Lipinski definition) is 2. The molecule has 0 aromatic heterocycles. The molecule has 1 saturated heterocycles. The van der Waals surface area contributed by atoms with Crippen molar-refractivity contribution in [3.8, 4) is 0 Å². The van der Waals surface area contributed by atoms with Crippen LogP contribution in [0.25, 0.3) is 0 Å². The van der Waals surface area contributed by atoms with E-state index in [0.29, 0.717) is 6.04 Å². The summed E-state index contributed by atoms with van der Waals surface area (Å²) in [6.07, 6.45) is 1.21. The molecule has 1 aliphatic heterocycles. The third-order valence-electron chi connectivity index (χ3n) is 3.98. The van der Waals surface area contributed by atoms with Crippen molar-refractivity contribution in [3.05, 3.63) is 70.2 Å². The fourth-order valence-electron chi connectivity index (χ4n) is 2.94. The molecule has 0 radical (unpaired) electrons. The van der Waals surface area contributed by atoms with Crippen molar-refractivity contribution in [2.75, 3.05) is 19.6 Å². The van der Waals surface area contributed by atoms with Crippen molar-refractivity contribution in [2.45, 2.75) is 19.0 Å². The maximum Gasteiger partial charge on any atom is 0.0449 e. The summed E-state index contributed by atoms with van der Waals surface area (Å²) in [4.78, 5) is 2.55. The fourth-order valence-corrected chi connectivity index (χ4v) is 3.39. The first-order chi connectivity index (χ1) is 10.3. The summed E-state index contributed by atoms with van der Waals surface area (Å²) in [5.41, 5.74) is 2.76. The minimum Gasteiger partial charge on any atom is -0.309 e. The van der Waals surface area contributed by atoms with Crippen molar-refractivity contribution in [3.63, 3.8) is 0 Å². The standard InChI is InChI=1S/C18H21BrN2/c19-17-9-4-6-15(12-17)13-21-11-5-10-20-18(14-21)16-7-2-1-3-8-16/h1-4,6-9,12,18,20H,5,10-11,13-14H2. The zero-order valence-corrected chi connectivity index (χ0v) is 13.7. The van der Waals surface area contributed by atoms with Gasteiger partial charge in [0.05, 0.1) is 0 Å². The lowest BCUT2D eigenvalue weighted by molar-refractivity contribution is 0.261. The van der Waals surface area contributed by atoms with E-state index in [1.165, 1.54) is 17.5 Å². The summed E-state index contributed by atoms with van der Waals surface area (Å²) in [6.45, 7) is 4.33. The van der Waals surface area contributed by atoms with Crippen LogP contribution in [0.2, 0.25) is 0 Å². The Morgan fingerprint density at radius 3 is 2.76 bits per heavy atom. The normalized spacial score (nSPS) is 20.1. The Kier molecular flexibility index (Phi) is 5.07. The van der Waals surface area contributed by atoms with Crippen LogP contribution < -0.4 is 5.32 Å². The van der Waals surface area contributed by atoms with Gasteiger partial charge in [-0.2, -0.15) is 0 Å². The minimum atomic E-state index is 0.431. The SMILES string of the molecule is Brc1cccc(CN2CCCNC(c3ccccc3)C2)c1. The molecule has 3 rings (SSSR count). The molecule has 1 N–H and O–H groups in total. The molecule has 0 saturated carbocycles. The highest BCUT2D eigenvalue weighted by atomic mass is 79.9. The van der Waals surface area contributed by atoms with E-state index in [4.69, 9.17) is 0 Å². The van der Waals surface area contributed by atoms with Gasteiger partial charge >= 0.3 is 0 Å². The molecular weight excluding hydrogens is 324 g/mol. The Bertz CT molecular complexity index is 570. The third kappa shape index (κ3) is 4.16. The number of hydrogen-bond donors (Lipinski definition) is 1. The van der Waals surface area contributed by atoms with Gasteiger partial charge in [0.1, 0.15) is 0 Å². The van der Waals surface area contributed by atoms with Gasteiger partial charge in [-0.25, -0.2) is 0 Å². The summed E-state index contributed by atoms with van der Waals surface area (Å²) in [6, 6.07) is 19.8. The largest absolute Gasteiger partial charge is 0.309 e.